The van der Waals surface area contributed by atoms with E-state index in [1.54, 1.807) is 38.5 Å². The minimum absolute atomic E-state index is 0.547. The Morgan fingerprint density at radius 1 is 0.885 bits per heavy atom. The first-order chi connectivity index (χ1) is 12.6. The third-order valence-corrected chi connectivity index (χ3v) is 3.81. The summed E-state index contributed by atoms with van der Waals surface area (Å²) in [6.07, 6.45) is 2.70. The van der Waals surface area contributed by atoms with Gasteiger partial charge < -0.3 is 24.1 Å². The van der Waals surface area contributed by atoms with Gasteiger partial charge in [-0.3, -0.25) is 0 Å². The number of methoxy groups -OCH3 is 2. The summed E-state index contributed by atoms with van der Waals surface area (Å²) in [5.74, 6) is 2.71. The molecule has 0 heterocycles. The minimum Gasteiger partial charge on any atom is -0.497 e. The molecule has 0 aliphatic carbocycles. The van der Waals surface area contributed by atoms with Gasteiger partial charge in [0, 0.05) is 23.3 Å². The first-order valence-corrected chi connectivity index (χ1v) is 8.60. The Balaban J connectivity index is 2.25. The lowest BCUT2D eigenvalue weighted by atomic mass is 10.1. The molecule has 0 amide bonds. The van der Waals surface area contributed by atoms with Gasteiger partial charge in [-0.15, -0.1) is 0 Å². The summed E-state index contributed by atoms with van der Waals surface area (Å²) >= 11 is 0. The largest absolute Gasteiger partial charge is 0.497 e. The molecule has 0 aliphatic rings. The second-order valence-corrected chi connectivity index (χ2v) is 5.48. The molecule has 0 fully saturated rings. The molecule has 1 atom stereocenters. The molecule has 2 aromatic carbocycles. The van der Waals surface area contributed by atoms with Crippen LogP contribution >= 0.6 is 0 Å². The smallest absolute Gasteiger partial charge is 0.130 e. The van der Waals surface area contributed by atoms with E-state index in [1.807, 2.05) is 38.1 Å². The van der Waals surface area contributed by atoms with Gasteiger partial charge in [0.25, 0.3) is 0 Å². The molecule has 26 heavy (non-hydrogen) atoms. The molecule has 1 unspecified atom stereocenters. The van der Waals surface area contributed by atoms with Crippen LogP contribution in [0.1, 0.15) is 31.1 Å². The third kappa shape index (κ3) is 4.92. The van der Waals surface area contributed by atoms with Gasteiger partial charge in [0.2, 0.25) is 0 Å². The summed E-state index contributed by atoms with van der Waals surface area (Å²) in [6, 6.07) is 11.0. The lowest BCUT2D eigenvalue weighted by molar-refractivity contribution is 0.223. The van der Waals surface area contributed by atoms with E-state index in [1.165, 1.54) is 0 Å². The summed E-state index contributed by atoms with van der Waals surface area (Å²) in [4.78, 5) is 0. The highest BCUT2D eigenvalue weighted by atomic mass is 16.5. The number of rotatable bonds is 9. The maximum atomic E-state index is 10.5. The molecule has 0 saturated heterocycles. The average molecular weight is 358 g/mol. The zero-order chi connectivity index (χ0) is 18.9. The predicted octanol–water partition coefficient (Wildman–Crippen LogP) is 4.25. The number of benzene rings is 2. The van der Waals surface area contributed by atoms with Gasteiger partial charge in [0.05, 0.1) is 27.4 Å². The summed E-state index contributed by atoms with van der Waals surface area (Å²) in [5.41, 5.74) is 1.52. The Hall–Kier alpha value is -2.66. The van der Waals surface area contributed by atoms with Crippen LogP contribution in [0.3, 0.4) is 0 Å². The van der Waals surface area contributed by atoms with Crippen molar-refractivity contribution in [3.05, 3.63) is 53.6 Å². The third-order valence-electron chi connectivity index (χ3n) is 3.81. The van der Waals surface area contributed by atoms with Crippen LogP contribution in [-0.2, 0) is 0 Å². The van der Waals surface area contributed by atoms with Crippen molar-refractivity contribution >= 4 is 6.08 Å². The van der Waals surface area contributed by atoms with Crippen LogP contribution in [0.15, 0.2) is 42.5 Å². The zero-order valence-electron chi connectivity index (χ0n) is 15.7. The molecule has 1 N–H and O–H groups in total. The number of hydrogen-bond acceptors (Lipinski definition) is 5. The highest BCUT2D eigenvalue weighted by Gasteiger charge is 2.12. The fraction of sp³-hybridized carbons (Fsp3) is 0.333. The second-order valence-electron chi connectivity index (χ2n) is 5.48. The number of ether oxygens (including phenoxy) is 4. The highest BCUT2D eigenvalue weighted by Crippen LogP contribution is 2.32. The van der Waals surface area contributed by atoms with Crippen LogP contribution in [0, 0.1) is 0 Å². The monoisotopic (exact) mass is 358 g/mol. The van der Waals surface area contributed by atoms with E-state index in [-0.39, 0.29) is 0 Å². The summed E-state index contributed by atoms with van der Waals surface area (Å²) in [5, 5.41) is 10.5. The van der Waals surface area contributed by atoms with Gasteiger partial charge in [-0.05, 0) is 38.1 Å². The molecule has 0 spiro atoms. The SMILES string of the molecule is CCOc1ccc(C=CC(O)c2ccc(OC)cc2OC)c(OCC)c1. The molecular weight excluding hydrogens is 332 g/mol. The topological polar surface area (TPSA) is 57.2 Å². The van der Waals surface area contributed by atoms with Gasteiger partial charge in [0.15, 0.2) is 0 Å². The molecule has 0 aromatic heterocycles. The molecule has 0 bridgehead atoms. The molecule has 2 aromatic rings. The average Bonchev–Trinajstić information content (AvgIpc) is 2.67. The first kappa shape index (κ1) is 19.7. The van der Waals surface area contributed by atoms with Crippen molar-refractivity contribution in [1.82, 2.24) is 0 Å². The fourth-order valence-electron chi connectivity index (χ4n) is 2.55. The molecular formula is C21H26O5. The van der Waals surface area contributed by atoms with E-state index in [2.05, 4.69) is 0 Å². The van der Waals surface area contributed by atoms with Crippen LogP contribution in [-0.4, -0.2) is 32.5 Å². The van der Waals surface area contributed by atoms with Crippen LogP contribution in [0.4, 0.5) is 0 Å². The summed E-state index contributed by atoms with van der Waals surface area (Å²) in [6.45, 7) is 5.01. The Kier molecular flexibility index (Phi) is 7.36. The molecule has 5 heteroatoms. The zero-order valence-corrected chi connectivity index (χ0v) is 15.7. The lowest BCUT2D eigenvalue weighted by Gasteiger charge is -2.14. The van der Waals surface area contributed by atoms with Crippen molar-refractivity contribution in [3.8, 4) is 23.0 Å². The van der Waals surface area contributed by atoms with E-state index in [0.29, 0.717) is 36.0 Å². The molecule has 0 radical (unpaired) electrons. The second kappa shape index (κ2) is 9.73. The maximum Gasteiger partial charge on any atom is 0.130 e. The van der Waals surface area contributed by atoms with Crippen LogP contribution < -0.4 is 18.9 Å². The van der Waals surface area contributed by atoms with E-state index in [9.17, 15) is 5.11 Å². The maximum absolute atomic E-state index is 10.5. The Bertz CT molecular complexity index is 739. The van der Waals surface area contributed by atoms with Crippen molar-refractivity contribution < 1.29 is 24.1 Å². The Morgan fingerprint density at radius 3 is 2.23 bits per heavy atom. The summed E-state index contributed by atoms with van der Waals surface area (Å²) < 4.78 is 21.7. The van der Waals surface area contributed by atoms with Gasteiger partial charge in [-0.1, -0.05) is 12.2 Å². The quantitative estimate of drug-likeness (QED) is 0.726. The van der Waals surface area contributed by atoms with Crippen molar-refractivity contribution in [2.45, 2.75) is 20.0 Å². The Morgan fingerprint density at radius 2 is 1.58 bits per heavy atom. The van der Waals surface area contributed by atoms with Crippen molar-refractivity contribution in [2.75, 3.05) is 27.4 Å². The van der Waals surface area contributed by atoms with Crippen molar-refractivity contribution in [1.29, 1.82) is 0 Å². The van der Waals surface area contributed by atoms with Gasteiger partial charge in [-0.2, -0.15) is 0 Å². The Labute approximate surface area is 154 Å². The highest BCUT2D eigenvalue weighted by molar-refractivity contribution is 5.60. The summed E-state index contributed by atoms with van der Waals surface area (Å²) in [7, 11) is 3.15. The van der Waals surface area contributed by atoms with E-state index >= 15 is 0 Å². The number of hydrogen-bond donors (Lipinski definition) is 1. The molecule has 140 valence electrons. The van der Waals surface area contributed by atoms with Crippen molar-refractivity contribution in [2.24, 2.45) is 0 Å². The van der Waals surface area contributed by atoms with Gasteiger partial charge in [0.1, 0.15) is 29.1 Å². The normalized spacial score (nSPS) is 12.0. The number of aliphatic hydroxyl groups excluding tert-OH is 1. The molecule has 2 rings (SSSR count). The molecule has 0 aliphatic heterocycles. The lowest BCUT2D eigenvalue weighted by Crippen LogP contribution is -1.99. The van der Waals surface area contributed by atoms with Crippen LogP contribution in [0.2, 0.25) is 0 Å². The standard InChI is InChI=1S/C21H26O5/c1-5-25-17-9-7-15(20(14-17)26-6-2)8-12-19(22)18-11-10-16(23-3)13-21(18)24-4/h7-14,19,22H,5-6H2,1-4H3. The fourth-order valence-corrected chi connectivity index (χ4v) is 2.55. The molecule has 0 saturated carbocycles. The van der Waals surface area contributed by atoms with E-state index in [0.717, 1.165) is 11.3 Å². The van der Waals surface area contributed by atoms with E-state index in [4.69, 9.17) is 18.9 Å². The van der Waals surface area contributed by atoms with E-state index < -0.39 is 6.10 Å². The van der Waals surface area contributed by atoms with Gasteiger partial charge in [-0.25, -0.2) is 0 Å². The predicted molar refractivity (Wildman–Crippen MR) is 102 cm³/mol. The molecule has 5 nitrogen and oxygen atoms in total. The van der Waals surface area contributed by atoms with Crippen LogP contribution in [0.5, 0.6) is 23.0 Å². The first-order valence-electron chi connectivity index (χ1n) is 8.60. The number of aliphatic hydroxyl groups is 1. The minimum atomic E-state index is -0.822. The van der Waals surface area contributed by atoms with Crippen LogP contribution in [0.25, 0.3) is 6.08 Å². The van der Waals surface area contributed by atoms with Crippen molar-refractivity contribution in [3.63, 3.8) is 0 Å². The van der Waals surface area contributed by atoms with Gasteiger partial charge >= 0.3 is 0 Å².